The number of carbonyl (C=O) groups excluding carboxylic acids is 1. The number of benzene rings is 2. The Morgan fingerprint density at radius 2 is 1.75 bits per heavy atom. The van der Waals surface area contributed by atoms with Crippen molar-refractivity contribution in [1.29, 1.82) is 0 Å². The third-order valence-electron chi connectivity index (χ3n) is 7.04. The van der Waals surface area contributed by atoms with Crippen molar-refractivity contribution in [3.05, 3.63) is 89.0 Å². The van der Waals surface area contributed by atoms with Gasteiger partial charge in [-0.05, 0) is 49.5 Å². The second-order valence-corrected chi connectivity index (χ2v) is 15.0. The number of nitrogens with zero attached hydrogens (tertiary/aromatic N) is 3. The number of hydrogen-bond donors (Lipinski definition) is 0. The summed E-state index contributed by atoms with van der Waals surface area (Å²) in [5.74, 6) is 5.76. The van der Waals surface area contributed by atoms with Gasteiger partial charge in [-0.25, -0.2) is 19.2 Å². The van der Waals surface area contributed by atoms with Gasteiger partial charge in [-0.1, -0.05) is 61.2 Å². The zero-order valence-corrected chi connectivity index (χ0v) is 24.4. The molecule has 9 heteroatoms. The minimum Gasteiger partial charge on any atom is -0.463 e. The van der Waals surface area contributed by atoms with Crippen molar-refractivity contribution in [2.24, 2.45) is 5.92 Å². The van der Waals surface area contributed by atoms with E-state index in [0.29, 0.717) is 42.3 Å². The molecular formula is C31H36FN3O4Si. The average Bonchev–Trinajstić information content (AvgIpc) is 2.99. The lowest BCUT2D eigenvalue weighted by Crippen LogP contribution is -2.40. The third kappa shape index (κ3) is 8.63. The molecule has 0 radical (unpaired) electrons. The van der Waals surface area contributed by atoms with Gasteiger partial charge >= 0.3 is 12.1 Å². The molecule has 0 aliphatic carbocycles. The van der Waals surface area contributed by atoms with Gasteiger partial charge in [-0.3, -0.25) is 0 Å². The summed E-state index contributed by atoms with van der Waals surface area (Å²) >= 11 is 0. The summed E-state index contributed by atoms with van der Waals surface area (Å²) in [5.41, 5.74) is 2.36. The molecule has 0 spiro atoms. The Kier molecular flexibility index (Phi) is 10.3. The first-order valence-electron chi connectivity index (χ1n) is 13.7. The van der Waals surface area contributed by atoms with E-state index >= 15 is 0 Å². The van der Waals surface area contributed by atoms with Crippen LogP contribution in [0.5, 0.6) is 6.01 Å². The highest BCUT2D eigenvalue weighted by Crippen LogP contribution is 2.20. The van der Waals surface area contributed by atoms with Crippen molar-refractivity contribution in [1.82, 2.24) is 14.9 Å². The summed E-state index contributed by atoms with van der Waals surface area (Å²) in [6.07, 6.45) is 4.49. The molecule has 1 aromatic heterocycles. The van der Waals surface area contributed by atoms with Crippen LogP contribution in [-0.2, 0) is 22.4 Å². The fourth-order valence-electron chi connectivity index (χ4n) is 4.04. The summed E-state index contributed by atoms with van der Waals surface area (Å²) in [7, 11) is -1.77. The molecule has 1 fully saturated rings. The number of halogens is 1. The highest BCUT2D eigenvalue weighted by atomic mass is 28.4. The number of piperidine rings is 1. The second kappa shape index (κ2) is 14.1. The zero-order chi connectivity index (χ0) is 28.4. The highest BCUT2D eigenvalue weighted by molar-refractivity contribution is 6.71. The van der Waals surface area contributed by atoms with Crippen LogP contribution in [0, 0.1) is 23.6 Å². The van der Waals surface area contributed by atoms with Crippen molar-refractivity contribution in [3.63, 3.8) is 0 Å². The van der Waals surface area contributed by atoms with Gasteiger partial charge in [0.15, 0.2) is 8.32 Å². The Hall–Kier alpha value is -3.74. The predicted octanol–water partition coefficient (Wildman–Crippen LogP) is 6.18. The van der Waals surface area contributed by atoms with Gasteiger partial charge in [0, 0.05) is 31.0 Å². The average molecular weight is 562 g/mol. The standard InChI is InChI=1S/C31H36FN3O4Si/c1-4-40(2,3)39-23-28-12-8-11-27(29(28)32)14-13-26-19-33-30(34-20-26)37-21-25-15-17-35(18-16-25)31(36)38-22-24-9-6-5-7-10-24/h5-12,19-20,25H,4,15-18,21-23H2,1-3H3. The normalized spacial score (nSPS) is 13.8. The molecule has 0 bridgehead atoms. The molecular weight excluding hydrogens is 525 g/mol. The van der Waals surface area contributed by atoms with Crippen molar-refractivity contribution in [2.45, 2.75) is 52.1 Å². The summed E-state index contributed by atoms with van der Waals surface area (Å²) < 4.78 is 32.1. The van der Waals surface area contributed by atoms with Crippen LogP contribution in [0.2, 0.25) is 19.1 Å². The molecule has 0 atom stereocenters. The lowest BCUT2D eigenvalue weighted by atomic mass is 9.98. The number of hydrogen-bond acceptors (Lipinski definition) is 6. The summed E-state index contributed by atoms with van der Waals surface area (Å²) in [6.45, 7) is 8.58. The molecule has 0 N–H and O–H groups in total. The molecule has 1 aliphatic rings. The monoisotopic (exact) mass is 561 g/mol. The van der Waals surface area contributed by atoms with E-state index < -0.39 is 8.32 Å². The molecule has 1 amide bonds. The van der Waals surface area contributed by atoms with Gasteiger partial charge in [0.2, 0.25) is 0 Å². The lowest BCUT2D eigenvalue weighted by molar-refractivity contribution is 0.0753. The maximum Gasteiger partial charge on any atom is 0.410 e. The van der Waals surface area contributed by atoms with Crippen LogP contribution in [-0.4, -0.2) is 49.0 Å². The Balaban J connectivity index is 1.22. The molecule has 4 rings (SSSR count). The first kappa shape index (κ1) is 29.2. The van der Waals surface area contributed by atoms with Crippen LogP contribution in [0.25, 0.3) is 0 Å². The number of ether oxygens (including phenoxy) is 2. The first-order valence-corrected chi connectivity index (χ1v) is 16.8. The van der Waals surface area contributed by atoms with Gasteiger partial charge in [-0.15, -0.1) is 0 Å². The van der Waals surface area contributed by atoms with Crippen LogP contribution < -0.4 is 4.74 Å². The smallest absolute Gasteiger partial charge is 0.410 e. The molecule has 7 nitrogen and oxygen atoms in total. The largest absolute Gasteiger partial charge is 0.463 e. The molecule has 0 saturated carbocycles. The molecule has 40 heavy (non-hydrogen) atoms. The number of likely N-dealkylation sites (tertiary alicyclic amines) is 1. The number of carbonyl (C=O) groups is 1. The number of aromatic nitrogens is 2. The van der Waals surface area contributed by atoms with Gasteiger partial charge in [0.05, 0.1) is 24.3 Å². The molecule has 2 heterocycles. The van der Waals surface area contributed by atoms with Gasteiger partial charge < -0.3 is 18.8 Å². The van der Waals surface area contributed by atoms with Gasteiger partial charge in [-0.2, -0.15) is 0 Å². The molecule has 1 aliphatic heterocycles. The summed E-state index contributed by atoms with van der Waals surface area (Å²) in [5, 5.41) is 0. The first-order chi connectivity index (χ1) is 19.3. The maximum absolute atomic E-state index is 14.9. The van der Waals surface area contributed by atoms with Crippen molar-refractivity contribution in [3.8, 4) is 17.9 Å². The minimum atomic E-state index is -1.77. The fourth-order valence-corrected chi connectivity index (χ4v) is 4.79. The SMILES string of the molecule is CC[Si](C)(C)OCc1cccc(C#Cc2cnc(OCC3CCN(C(=O)OCc4ccccc4)CC3)nc2)c1F. The maximum atomic E-state index is 14.9. The molecule has 1 saturated heterocycles. The topological polar surface area (TPSA) is 73.8 Å². The van der Waals surface area contributed by atoms with Crippen LogP contribution in [0.15, 0.2) is 60.9 Å². The Morgan fingerprint density at radius 1 is 1.02 bits per heavy atom. The van der Waals surface area contributed by atoms with E-state index in [9.17, 15) is 9.18 Å². The van der Waals surface area contributed by atoms with Crippen LogP contribution in [0.1, 0.15) is 42.0 Å². The van der Waals surface area contributed by atoms with Gasteiger partial charge in [0.25, 0.3) is 0 Å². The summed E-state index contributed by atoms with van der Waals surface area (Å²) in [4.78, 5) is 22.6. The predicted molar refractivity (Wildman–Crippen MR) is 154 cm³/mol. The van der Waals surface area contributed by atoms with Crippen molar-refractivity contribution in [2.75, 3.05) is 19.7 Å². The Bertz CT molecular complexity index is 1320. The van der Waals surface area contributed by atoms with Crippen molar-refractivity contribution >= 4 is 14.4 Å². The van der Waals surface area contributed by atoms with Crippen LogP contribution in [0.3, 0.4) is 0 Å². The van der Waals surface area contributed by atoms with E-state index in [1.807, 2.05) is 30.3 Å². The molecule has 2 aromatic carbocycles. The van der Waals surface area contributed by atoms with E-state index in [4.69, 9.17) is 13.9 Å². The van der Waals surface area contributed by atoms with E-state index in [2.05, 4.69) is 41.8 Å². The van der Waals surface area contributed by atoms with E-state index in [0.717, 1.165) is 24.4 Å². The second-order valence-electron chi connectivity index (χ2n) is 10.5. The fraction of sp³-hybridized carbons (Fsp3) is 0.387. The van der Waals surface area contributed by atoms with Crippen LogP contribution in [0.4, 0.5) is 9.18 Å². The number of amides is 1. The van der Waals surface area contributed by atoms with Crippen molar-refractivity contribution < 1.29 is 23.1 Å². The minimum absolute atomic E-state index is 0.251. The van der Waals surface area contributed by atoms with E-state index in [-0.39, 0.29) is 31.1 Å². The summed E-state index contributed by atoms with van der Waals surface area (Å²) in [6, 6.07) is 16.1. The third-order valence-corrected chi connectivity index (χ3v) is 9.67. The van der Waals surface area contributed by atoms with E-state index in [1.54, 1.807) is 35.5 Å². The zero-order valence-electron chi connectivity index (χ0n) is 23.4. The van der Waals surface area contributed by atoms with E-state index in [1.165, 1.54) is 0 Å². The Morgan fingerprint density at radius 3 is 2.45 bits per heavy atom. The highest BCUT2D eigenvalue weighted by Gasteiger charge is 2.24. The van der Waals surface area contributed by atoms with Gasteiger partial charge in [0.1, 0.15) is 12.4 Å². The molecule has 3 aromatic rings. The number of rotatable bonds is 9. The quantitative estimate of drug-likeness (QED) is 0.229. The lowest BCUT2D eigenvalue weighted by Gasteiger charge is -2.30. The molecule has 210 valence electrons. The van der Waals surface area contributed by atoms with Crippen LogP contribution >= 0.6 is 0 Å². The Labute approximate surface area is 236 Å². The molecule has 0 unspecified atom stereocenters.